The first-order chi connectivity index (χ1) is 13.6. The van der Waals surface area contributed by atoms with Crippen molar-refractivity contribution in [2.24, 2.45) is 5.73 Å². The summed E-state index contributed by atoms with van der Waals surface area (Å²) in [4.78, 5) is 15.6. The van der Waals surface area contributed by atoms with E-state index in [1.165, 1.54) is 0 Å². The van der Waals surface area contributed by atoms with Crippen LogP contribution in [0, 0.1) is 6.92 Å². The van der Waals surface area contributed by atoms with Gasteiger partial charge >= 0.3 is 0 Å². The highest BCUT2D eigenvalue weighted by Gasteiger charge is 2.16. The minimum Gasteiger partial charge on any atom is -0.364 e. The van der Waals surface area contributed by atoms with Crippen LogP contribution in [0.5, 0.6) is 0 Å². The number of pyridine rings is 1. The molecule has 0 spiro atoms. The van der Waals surface area contributed by atoms with Crippen LogP contribution >= 0.6 is 0 Å². The lowest BCUT2D eigenvalue weighted by Gasteiger charge is -2.08. The molecule has 0 atom stereocenters. The molecule has 4 aromatic rings. The highest BCUT2D eigenvalue weighted by Crippen LogP contribution is 2.34. The lowest BCUT2D eigenvalue weighted by atomic mass is 10.0. The lowest BCUT2D eigenvalue weighted by molar-refractivity contribution is 0.0995. The maximum absolute atomic E-state index is 11.4. The highest BCUT2D eigenvalue weighted by molar-refractivity contribution is 5.91. The molecule has 3 N–H and O–H groups in total. The molecule has 2 aromatic carbocycles. The van der Waals surface area contributed by atoms with E-state index in [-0.39, 0.29) is 5.69 Å². The standard InChI is InChI=1S/C22H18N4O2/c1-14-20(25-19-9-5-8-18(24-19)22(23)27)21(28-26-14)17-12-10-16(11-13-17)15-6-3-2-4-7-15/h2-13H,1H3,(H2,23,27)(H,24,25). The molecule has 0 unspecified atom stereocenters. The summed E-state index contributed by atoms with van der Waals surface area (Å²) in [7, 11) is 0. The molecule has 1 amide bonds. The van der Waals surface area contributed by atoms with Crippen molar-refractivity contribution in [3.05, 3.63) is 84.2 Å². The zero-order valence-corrected chi connectivity index (χ0v) is 15.2. The third-order valence-electron chi connectivity index (χ3n) is 4.37. The largest absolute Gasteiger partial charge is 0.364 e. The molecule has 2 heterocycles. The Kier molecular flexibility index (Phi) is 4.60. The van der Waals surface area contributed by atoms with Crippen molar-refractivity contribution >= 4 is 17.4 Å². The van der Waals surface area contributed by atoms with Crippen LogP contribution < -0.4 is 11.1 Å². The van der Waals surface area contributed by atoms with Crippen LogP contribution in [0.15, 0.2) is 77.3 Å². The van der Waals surface area contributed by atoms with Gasteiger partial charge in [-0.25, -0.2) is 4.98 Å². The van der Waals surface area contributed by atoms with Gasteiger partial charge in [-0.15, -0.1) is 0 Å². The summed E-state index contributed by atoms with van der Waals surface area (Å²) in [5, 5.41) is 7.26. The van der Waals surface area contributed by atoms with E-state index in [1.807, 2.05) is 49.4 Å². The summed E-state index contributed by atoms with van der Waals surface area (Å²) in [6, 6.07) is 23.2. The van der Waals surface area contributed by atoms with Gasteiger partial charge in [0, 0.05) is 5.56 Å². The van der Waals surface area contributed by atoms with Gasteiger partial charge in [0.2, 0.25) is 0 Å². The number of benzene rings is 2. The lowest BCUT2D eigenvalue weighted by Crippen LogP contribution is -2.13. The fourth-order valence-electron chi connectivity index (χ4n) is 2.93. The predicted octanol–water partition coefficient (Wildman–Crippen LogP) is 4.55. The zero-order chi connectivity index (χ0) is 19.5. The molecule has 2 aromatic heterocycles. The van der Waals surface area contributed by atoms with Gasteiger partial charge in [0.25, 0.3) is 5.91 Å². The maximum Gasteiger partial charge on any atom is 0.267 e. The molecule has 0 fully saturated rings. The Morgan fingerprint density at radius 2 is 1.57 bits per heavy atom. The number of nitrogens with one attached hydrogen (secondary N) is 1. The molecule has 4 rings (SSSR count). The van der Waals surface area contributed by atoms with E-state index >= 15 is 0 Å². The molecule has 0 aliphatic heterocycles. The SMILES string of the molecule is Cc1noc(-c2ccc(-c3ccccc3)cc2)c1Nc1cccc(C(N)=O)n1. The highest BCUT2D eigenvalue weighted by atomic mass is 16.5. The summed E-state index contributed by atoms with van der Waals surface area (Å²) in [6.07, 6.45) is 0. The predicted molar refractivity (Wildman–Crippen MR) is 108 cm³/mol. The van der Waals surface area contributed by atoms with Crippen LogP contribution in [0.2, 0.25) is 0 Å². The van der Waals surface area contributed by atoms with E-state index < -0.39 is 5.91 Å². The van der Waals surface area contributed by atoms with Gasteiger partial charge in [-0.05, 0) is 30.2 Å². The number of primary amides is 1. The van der Waals surface area contributed by atoms with E-state index in [9.17, 15) is 4.79 Å². The molecule has 0 bridgehead atoms. The first-order valence-electron chi connectivity index (χ1n) is 8.78. The number of rotatable bonds is 5. The number of carbonyl (C=O) groups excluding carboxylic acids is 1. The molecule has 0 saturated heterocycles. The molecule has 6 nitrogen and oxygen atoms in total. The van der Waals surface area contributed by atoms with Gasteiger partial charge in [0.15, 0.2) is 5.76 Å². The Morgan fingerprint density at radius 1 is 0.893 bits per heavy atom. The summed E-state index contributed by atoms with van der Waals surface area (Å²) >= 11 is 0. The number of aromatic nitrogens is 2. The van der Waals surface area contributed by atoms with E-state index in [0.717, 1.165) is 16.7 Å². The van der Waals surface area contributed by atoms with Crippen molar-refractivity contribution in [3.63, 3.8) is 0 Å². The summed E-state index contributed by atoms with van der Waals surface area (Å²) in [6.45, 7) is 1.84. The van der Waals surface area contributed by atoms with Gasteiger partial charge in [-0.3, -0.25) is 4.79 Å². The maximum atomic E-state index is 11.4. The molecule has 0 aliphatic rings. The van der Waals surface area contributed by atoms with Gasteiger partial charge in [0.1, 0.15) is 22.9 Å². The molecule has 6 heteroatoms. The Morgan fingerprint density at radius 3 is 2.29 bits per heavy atom. The van der Waals surface area contributed by atoms with Crippen LogP contribution in [0.25, 0.3) is 22.5 Å². The van der Waals surface area contributed by atoms with Crippen LogP contribution in [-0.4, -0.2) is 16.0 Å². The summed E-state index contributed by atoms with van der Waals surface area (Å²) in [5.41, 5.74) is 10.0. The number of aryl methyl sites for hydroxylation is 1. The third kappa shape index (κ3) is 3.48. The van der Waals surface area contributed by atoms with Crippen molar-refractivity contribution in [3.8, 4) is 22.5 Å². The molecule has 0 saturated carbocycles. The van der Waals surface area contributed by atoms with E-state index in [4.69, 9.17) is 10.3 Å². The Labute approximate surface area is 162 Å². The van der Waals surface area contributed by atoms with Gasteiger partial charge in [-0.1, -0.05) is 65.8 Å². The minimum atomic E-state index is -0.581. The smallest absolute Gasteiger partial charge is 0.267 e. The molecular formula is C22H18N4O2. The van der Waals surface area contributed by atoms with E-state index in [0.29, 0.717) is 23.0 Å². The van der Waals surface area contributed by atoms with Crippen molar-refractivity contribution in [2.45, 2.75) is 6.92 Å². The minimum absolute atomic E-state index is 0.188. The first-order valence-corrected chi connectivity index (χ1v) is 8.78. The zero-order valence-electron chi connectivity index (χ0n) is 15.2. The molecule has 138 valence electrons. The number of nitrogens with two attached hydrogens (primary N) is 1. The quantitative estimate of drug-likeness (QED) is 0.537. The normalized spacial score (nSPS) is 10.6. The van der Waals surface area contributed by atoms with Crippen LogP contribution in [-0.2, 0) is 0 Å². The number of hydrogen-bond donors (Lipinski definition) is 2. The summed E-state index contributed by atoms with van der Waals surface area (Å²) < 4.78 is 5.55. The van der Waals surface area contributed by atoms with Crippen LogP contribution in [0.1, 0.15) is 16.2 Å². The van der Waals surface area contributed by atoms with E-state index in [2.05, 4.69) is 27.6 Å². The second-order valence-electron chi connectivity index (χ2n) is 6.31. The molecular weight excluding hydrogens is 352 g/mol. The topological polar surface area (TPSA) is 94.0 Å². The fraction of sp³-hybridized carbons (Fsp3) is 0.0455. The first kappa shape index (κ1) is 17.5. The molecule has 28 heavy (non-hydrogen) atoms. The van der Waals surface area contributed by atoms with Crippen molar-refractivity contribution < 1.29 is 9.32 Å². The van der Waals surface area contributed by atoms with E-state index in [1.54, 1.807) is 18.2 Å². The van der Waals surface area contributed by atoms with Crippen LogP contribution in [0.3, 0.4) is 0 Å². The number of carbonyl (C=O) groups is 1. The second kappa shape index (κ2) is 7.36. The van der Waals surface area contributed by atoms with Crippen molar-refractivity contribution in [1.29, 1.82) is 0 Å². The van der Waals surface area contributed by atoms with Crippen LogP contribution in [0.4, 0.5) is 11.5 Å². The number of hydrogen-bond acceptors (Lipinski definition) is 5. The molecule has 0 radical (unpaired) electrons. The number of nitrogens with zero attached hydrogens (tertiary/aromatic N) is 2. The van der Waals surface area contributed by atoms with Crippen molar-refractivity contribution in [2.75, 3.05) is 5.32 Å². The monoisotopic (exact) mass is 370 g/mol. The van der Waals surface area contributed by atoms with Gasteiger partial charge in [-0.2, -0.15) is 0 Å². The van der Waals surface area contributed by atoms with Crippen molar-refractivity contribution in [1.82, 2.24) is 10.1 Å². The number of anilines is 2. The molecule has 0 aliphatic carbocycles. The van der Waals surface area contributed by atoms with Gasteiger partial charge < -0.3 is 15.6 Å². The average Bonchev–Trinajstić information content (AvgIpc) is 3.09. The second-order valence-corrected chi connectivity index (χ2v) is 6.31. The Hall–Kier alpha value is -3.93. The fourth-order valence-corrected chi connectivity index (χ4v) is 2.93. The Bertz CT molecular complexity index is 1120. The number of amides is 1. The average molecular weight is 370 g/mol. The Balaban J connectivity index is 1.65. The third-order valence-corrected chi connectivity index (χ3v) is 4.37. The van der Waals surface area contributed by atoms with Gasteiger partial charge in [0.05, 0.1) is 0 Å². The summed E-state index contributed by atoms with van der Waals surface area (Å²) in [5.74, 6) is 0.510.